The molecule has 28 heavy (non-hydrogen) atoms. The Morgan fingerprint density at radius 2 is 2.11 bits per heavy atom. The molecule has 156 valence electrons. The van der Waals surface area contributed by atoms with Gasteiger partial charge in [0, 0.05) is 45.8 Å². The molecule has 2 unspecified atom stereocenters. The van der Waals surface area contributed by atoms with Crippen molar-refractivity contribution in [1.29, 1.82) is 0 Å². The minimum atomic E-state index is 0.613. The maximum Gasteiger partial charge on any atom is 0.193 e. The molecule has 5 nitrogen and oxygen atoms in total. The van der Waals surface area contributed by atoms with Crippen molar-refractivity contribution in [3.8, 4) is 0 Å². The average Bonchev–Trinajstić information content (AvgIpc) is 3.19. The molecular formula is C23H38N4O. The third-order valence-corrected chi connectivity index (χ3v) is 5.91. The summed E-state index contributed by atoms with van der Waals surface area (Å²) >= 11 is 0. The van der Waals surface area contributed by atoms with E-state index in [0.29, 0.717) is 5.92 Å². The van der Waals surface area contributed by atoms with Crippen molar-refractivity contribution in [2.45, 2.75) is 46.2 Å². The molecule has 0 aliphatic carbocycles. The van der Waals surface area contributed by atoms with Crippen molar-refractivity contribution in [2.75, 3.05) is 46.4 Å². The maximum atomic E-state index is 5.53. The third-order valence-electron chi connectivity index (χ3n) is 5.91. The van der Waals surface area contributed by atoms with Crippen LogP contribution in [0.15, 0.2) is 29.3 Å². The molecule has 2 fully saturated rings. The van der Waals surface area contributed by atoms with Gasteiger partial charge in [-0.05, 0) is 49.8 Å². The fourth-order valence-electron chi connectivity index (χ4n) is 4.37. The van der Waals surface area contributed by atoms with Gasteiger partial charge in [-0.15, -0.1) is 0 Å². The van der Waals surface area contributed by atoms with E-state index in [1.165, 1.54) is 37.1 Å². The highest BCUT2D eigenvalue weighted by molar-refractivity contribution is 5.79. The molecule has 2 heterocycles. The predicted octanol–water partition coefficient (Wildman–Crippen LogP) is 3.35. The van der Waals surface area contributed by atoms with Crippen LogP contribution in [0, 0.1) is 11.8 Å². The molecule has 1 aromatic rings. The van der Waals surface area contributed by atoms with E-state index in [2.05, 4.69) is 60.3 Å². The lowest BCUT2D eigenvalue weighted by atomic mass is 9.99. The van der Waals surface area contributed by atoms with Gasteiger partial charge in [0.05, 0.1) is 13.2 Å². The van der Waals surface area contributed by atoms with E-state index in [-0.39, 0.29) is 0 Å². The summed E-state index contributed by atoms with van der Waals surface area (Å²) in [6, 6.07) is 8.81. The van der Waals surface area contributed by atoms with E-state index in [4.69, 9.17) is 9.73 Å². The van der Waals surface area contributed by atoms with Crippen molar-refractivity contribution < 1.29 is 4.74 Å². The summed E-state index contributed by atoms with van der Waals surface area (Å²) in [7, 11) is 2.14. The molecular weight excluding hydrogens is 348 g/mol. The van der Waals surface area contributed by atoms with E-state index >= 15 is 0 Å². The monoisotopic (exact) mass is 386 g/mol. The van der Waals surface area contributed by atoms with Crippen molar-refractivity contribution in [1.82, 2.24) is 15.1 Å². The molecule has 0 saturated carbocycles. The number of guanidine groups is 1. The van der Waals surface area contributed by atoms with Crippen LogP contribution in [0.2, 0.25) is 0 Å². The number of nitrogens with zero attached hydrogens (tertiary/aromatic N) is 3. The van der Waals surface area contributed by atoms with Gasteiger partial charge in [-0.3, -0.25) is 4.90 Å². The second kappa shape index (κ2) is 10.8. The molecule has 2 atom stereocenters. The summed E-state index contributed by atoms with van der Waals surface area (Å²) in [6.45, 7) is 12.4. The third kappa shape index (κ3) is 6.21. The van der Waals surface area contributed by atoms with Gasteiger partial charge >= 0.3 is 0 Å². The van der Waals surface area contributed by atoms with Crippen LogP contribution in [0.5, 0.6) is 0 Å². The molecule has 0 spiro atoms. The molecule has 3 rings (SSSR count). The van der Waals surface area contributed by atoms with Gasteiger partial charge in [0.1, 0.15) is 0 Å². The molecule has 1 N–H and O–H groups in total. The largest absolute Gasteiger partial charge is 0.381 e. The summed E-state index contributed by atoms with van der Waals surface area (Å²) in [5.74, 6) is 2.42. The molecule has 0 radical (unpaired) electrons. The summed E-state index contributed by atoms with van der Waals surface area (Å²) < 4.78 is 5.53. The lowest BCUT2D eigenvalue weighted by Gasteiger charge is -2.31. The van der Waals surface area contributed by atoms with Crippen LogP contribution >= 0.6 is 0 Å². The molecule has 0 aromatic heterocycles. The first-order valence-electron chi connectivity index (χ1n) is 11.0. The van der Waals surface area contributed by atoms with Gasteiger partial charge in [-0.2, -0.15) is 0 Å². The van der Waals surface area contributed by atoms with E-state index < -0.39 is 0 Å². The van der Waals surface area contributed by atoms with Crippen LogP contribution in [-0.2, 0) is 17.8 Å². The minimum Gasteiger partial charge on any atom is -0.381 e. The highest BCUT2D eigenvalue weighted by atomic mass is 16.5. The van der Waals surface area contributed by atoms with Crippen LogP contribution in [0.25, 0.3) is 0 Å². The van der Waals surface area contributed by atoms with Crippen molar-refractivity contribution >= 4 is 5.96 Å². The zero-order valence-electron chi connectivity index (χ0n) is 18.0. The quantitative estimate of drug-likeness (QED) is 0.576. The Hall–Kier alpha value is -1.59. The van der Waals surface area contributed by atoms with E-state index in [1.807, 2.05) is 0 Å². The van der Waals surface area contributed by atoms with Crippen molar-refractivity contribution in [2.24, 2.45) is 16.8 Å². The fraction of sp³-hybridized carbons (Fsp3) is 0.696. The molecule has 0 bridgehead atoms. The number of aliphatic imine (C=N–C) groups is 1. The number of rotatable bonds is 7. The van der Waals surface area contributed by atoms with Gasteiger partial charge < -0.3 is 15.0 Å². The molecule has 5 heteroatoms. The summed E-state index contributed by atoms with van der Waals surface area (Å²) in [5, 5.41) is 3.46. The van der Waals surface area contributed by atoms with Gasteiger partial charge in [0.15, 0.2) is 5.96 Å². The standard InChI is InChI=1S/C23H38N4O/c1-4-24-23(26(3)16-20-11-13-28-18-20)25-14-21-9-5-6-10-22(21)17-27-12-7-8-19(2)15-27/h5-6,9-10,19-20H,4,7-8,11-18H2,1-3H3,(H,24,25). The number of likely N-dealkylation sites (tertiary alicyclic amines) is 1. The Labute approximate surface area is 171 Å². The van der Waals surface area contributed by atoms with Gasteiger partial charge in [0.25, 0.3) is 0 Å². The Morgan fingerprint density at radius 1 is 1.29 bits per heavy atom. The van der Waals surface area contributed by atoms with E-state index in [0.717, 1.165) is 57.7 Å². The molecule has 1 aromatic carbocycles. The van der Waals surface area contributed by atoms with Crippen LogP contribution < -0.4 is 5.32 Å². The normalized spacial score (nSPS) is 23.8. The topological polar surface area (TPSA) is 40.1 Å². The number of ether oxygens (including phenoxy) is 1. The lowest BCUT2D eigenvalue weighted by molar-refractivity contribution is 0.176. The summed E-state index contributed by atoms with van der Waals surface area (Å²) in [4.78, 5) is 9.83. The SMILES string of the molecule is CCNC(=NCc1ccccc1CN1CCCC(C)C1)N(C)CC1CCOC1. The predicted molar refractivity (Wildman–Crippen MR) is 116 cm³/mol. The zero-order chi connectivity index (χ0) is 19.8. The Bertz CT molecular complexity index is 627. The number of nitrogens with one attached hydrogen (secondary N) is 1. The fourth-order valence-corrected chi connectivity index (χ4v) is 4.37. The lowest BCUT2D eigenvalue weighted by Crippen LogP contribution is -2.41. The molecule has 0 amide bonds. The second-order valence-electron chi connectivity index (χ2n) is 8.53. The van der Waals surface area contributed by atoms with Gasteiger partial charge in [0.2, 0.25) is 0 Å². The average molecular weight is 387 g/mol. The van der Waals surface area contributed by atoms with Crippen molar-refractivity contribution in [3.63, 3.8) is 0 Å². The van der Waals surface area contributed by atoms with Crippen LogP contribution in [0.4, 0.5) is 0 Å². The summed E-state index contributed by atoms with van der Waals surface area (Å²) in [5.41, 5.74) is 2.76. The van der Waals surface area contributed by atoms with E-state index in [1.54, 1.807) is 0 Å². The van der Waals surface area contributed by atoms with Crippen LogP contribution in [-0.4, -0.2) is 62.2 Å². The highest BCUT2D eigenvalue weighted by Gasteiger charge is 2.20. The first-order chi connectivity index (χ1) is 13.7. The number of hydrogen-bond acceptors (Lipinski definition) is 3. The second-order valence-corrected chi connectivity index (χ2v) is 8.53. The Kier molecular flexibility index (Phi) is 8.16. The van der Waals surface area contributed by atoms with Crippen molar-refractivity contribution in [3.05, 3.63) is 35.4 Å². The molecule has 2 aliphatic heterocycles. The maximum absolute atomic E-state index is 5.53. The Balaban J connectivity index is 1.64. The molecule has 2 aliphatic rings. The Morgan fingerprint density at radius 3 is 2.82 bits per heavy atom. The first-order valence-corrected chi connectivity index (χ1v) is 11.0. The van der Waals surface area contributed by atoms with Gasteiger partial charge in [-0.1, -0.05) is 31.2 Å². The highest BCUT2D eigenvalue weighted by Crippen LogP contribution is 2.20. The van der Waals surface area contributed by atoms with Crippen LogP contribution in [0.3, 0.4) is 0 Å². The van der Waals surface area contributed by atoms with Crippen LogP contribution in [0.1, 0.15) is 44.2 Å². The summed E-state index contributed by atoms with van der Waals surface area (Å²) in [6.07, 6.45) is 3.84. The van der Waals surface area contributed by atoms with E-state index in [9.17, 15) is 0 Å². The first kappa shape index (κ1) is 21.1. The number of benzene rings is 1. The number of piperidine rings is 1. The minimum absolute atomic E-state index is 0.613. The smallest absolute Gasteiger partial charge is 0.193 e. The molecule has 2 saturated heterocycles. The zero-order valence-corrected chi connectivity index (χ0v) is 18.0. The number of hydrogen-bond donors (Lipinski definition) is 1. The van der Waals surface area contributed by atoms with Gasteiger partial charge in [-0.25, -0.2) is 4.99 Å².